The van der Waals surface area contributed by atoms with Gasteiger partial charge in [0.2, 0.25) is 0 Å². The standard InChI is InChI=1S/C29H29ClN4O/c1-5-19(2)18-32-28-24(14-10-16-31-28)20(3)33-21(4)26-17-22-11-9-15-25(30)27(22)29(35)34(26)23-12-7-6-8-13-23/h6-18,21H,5H2,1-4H3,(H,31,32)/b19-18+,33-20?/t21-/m0/s1. The van der Waals surface area contributed by atoms with Gasteiger partial charge in [0.05, 0.1) is 22.1 Å². The zero-order valence-electron chi connectivity index (χ0n) is 20.4. The fraction of sp³-hybridized carbons (Fsp3) is 0.207. The molecule has 4 aromatic rings. The quantitative estimate of drug-likeness (QED) is 0.279. The molecule has 1 atom stereocenters. The minimum absolute atomic E-state index is 0.155. The molecule has 2 heterocycles. The highest BCUT2D eigenvalue weighted by Gasteiger charge is 2.18. The number of nitrogens with one attached hydrogen (secondary N) is 1. The highest BCUT2D eigenvalue weighted by atomic mass is 35.5. The molecule has 178 valence electrons. The number of halogens is 1. The summed E-state index contributed by atoms with van der Waals surface area (Å²) in [4.78, 5) is 23.2. The van der Waals surface area contributed by atoms with E-state index in [1.165, 1.54) is 5.57 Å². The van der Waals surface area contributed by atoms with E-state index in [0.29, 0.717) is 10.4 Å². The van der Waals surface area contributed by atoms with E-state index in [4.69, 9.17) is 16.6 Å². The molecule has 0 fully saturated rings. The van der Waals surface area contributed by atoms with Crippen LogP contribution in [0.1, 0.15) is 51.4 Å². The second kappa shape index (κ2) is 10.7. The largest absolute Gasteiger partial charge is 0.346 e. The van der Waals surface area contributed by atoms with E-state index in [1.807, 2.05) is 80.7 Å². The lowest BCUT2D eigenvalue weighted by atomic mass is 10.1. The molecule has 0 bridgehead atoms. The summed E-state index contributed by atoms with van der Waals surface area (Å²) < 4.78 is 1.71. The first-order valence-corrected chi connectivity index (χ1v) is 12.1. The van der Waals surface area contributed by atoms with Gasteiger partial charge in [0.1, 0.15) is 5.82 Å². The maximum Gasteiger partial charge on any atom is 0.264 e. The van der Waals surface area contributed by atoms with Crippen molar-refractivity contribution in [2.45, 2.75) is 40.2 Å². The summed E-state index contributed by atoms with van der Waals surface area (Å²) >= 11 is 6.44. The number of hydrogen-bond donors (Lipinski definition) is 1. The molecule has 35 heavy (non-hydrogen) atoms. The Labute approximate surface area is 210 Å². The molecule has 0 unspecified atom stereocenters. The number of rotatable bonds is 7. The van der Waals surface area contributed by atoms with Crippen molar-refractivity contribution in [3.05, 3.63) is 111 Å². The second-order valence-corrected chi connectivity index (χ2v) is 8.94. The monoisotopic (exact) mass is 484 g/mol. The topological polar surface area (TPSA) is 59.3 Å². The minimum Gasteiger partial charge on any atom is -0.346 e. The molecule has 2 aromatic heterocycles. The molecule has 0 saturated carbocycles. The molecule has 0 saturated heterocycles. The van der Waals surface area contributed by atoms with Crippen LogP contribution < -0.4 is 10.9 Å². The van der Waals surface area contributed by atoms with Crippen LogP contribution in [-0.4, -0.2) is 15.3 Å². The Morgan fingerprint density at radius 3 is 2.63 bits per heavy atom. The highest BCUT2D eigenvalue weighted by Crippen LogP contribution is 2.27. The van der Waals surface area contributed by atoms with E-state index >= 15 is 0 Å². The van der Waals surface area contributed by atoms with Crippen LogP contribution in [0.15, 0.2) is 94.5 Å². The van der Waals surface area contributed by atoms with Crippen LogP contribution in [0, 0.1) is 0 Å². The van der Waals surface area contributed by atoms with Crippen molar-refractivity contribution in [3.8, 4) is 5.69 Å². The van der Waals surface area contributed by atoms with E-state index in [-0.39, 0.29) is 11.6 Å². The third kappa shape index (κ3) is 5.20. The molecule has 0 aliphatic rings. The van der Waals surface area contributed by atoms with Gasteiger partial charge in [-0.2, -0.15) is 0 Å². The summed E-state index contributed by atoms with van der Waals surface area (Å²) in [7, 11) is 0. The Bertz CT molecular complexity index is 1470. The zero-order valence-corrected chi connectivity index (χ0v) is 21.2. The van der Waals surface area contributed by atoms with Crippen LogP contribution >= 0.6 is 11.6 Å². The SMILES string of the molecule is CC/C(C)=C/Nc1ncccc1C(C)=N[C@@H](C)c1cc2cccc(Cl)c2c(=O)n1-c1ccccc1. The predicted octanol–water partition coefficient (Wildman–Crippen LogP) is 7.34. The number of aromatic nitrogens is 2. The first-order chi connectivity index (χ1) is 16.9. The molecule has 0 spiro atoms. The molecular formula is C29H29ClN4O. The number of pyridine rings is 2. The van der Waals surface area contributed by atoms with Crippen LogP contribution in [0.2, 0.25) is 5.02 Å². The van der Waals surface area contributed by atoms with E-state index in [2.05, 4.69) is 24.1 Å². The number of fused-ring (bicyclic) bond motifs is 1. The normalized spacial score (nSPS) is 13.2. The van der Waals surface area contributed by atoms with Crippen molar-refractivity contribution in [3.63, 3.8) is 0 Å². The summed E-state index contributed by atoms with van der Waals surface area (Å²) in [6.45, 7) is 8.16. The first kappa shape index (κ1) is 24.4. The zero-order chi connectivity index (χ0) is 24.9. The van der Waals surface area contributed by atoms with Gasteiger partial charge in [-0.05, 0) is 69.0 Å². The molecule has 0 aliphatic carbocycles. The third-order valence-electron chi connectivity index (χ3n) is 6.06. The number of hydrogen-bond acceptors (Lipinski definition) is 4. The van der Waals surface area contributed by atoms with Crippen molar-refractivity contribution in [1.29, 1.82) is 0 Å². The summed E-state index contributed by atoms with van der Waals surface area (Å²) in [5.74, 6) is 0.750. The average Bonchev–Trinajstić information content (AvgIpc) is 2.87. The smallest absolute Gasteiger partial charge is 0.264 e. The number of benzene rings is 2. The number of nitrogens with zero attached hydrogens (tertiary/aromatic N) is 3. The molecule has 2 aromatic carbocycles. The van der Waals surface area contributed by atoms with Gasteiger partial charge >= 0.3 is 0 Å². The lowest BCUT2D eigenvalue weighted by Gasteiger charge is -2.19. The van der Waals surface area contributed by atoms with Crippen LogP contribution in [0.4, 0.5) is 5.82 Å². The Hall–Kier alpha value is -3.70. The lowest BCUT2D eigenvalue weighted by Crippen LogP contribution is -2.23. The van der Waals surface area contributed by atoms with Crippen molar-refractivity contribution in [2.24, 2.45) is 4.99 Å². The number of aliphatic imine (C=N–C) groups is 1. The third-order valence-corrected chi connectivity index (χ3v) is 6.38. The van der Waals surface area contributed by atoms with Gasteiger partial charge in [-0.3, -0.25) is 14.4 Å². The van der Waals surface area contributed by atoms with Crippen molar-refractivity contribution < 1.29 is 0 Å². The van der Waals surface area contributed by atoms with E-state index in [1.54, 1.807) is 16.8 Å². The van der Waals surface area contributed by atoms with Crippen molar-refractivity contribution >= 4 is 33.9 Å². The maximum absolute atomic E-state index is 13.7. The molecular weight excluding hydrogens is 456 g/mol. The molecule has 0 radical (unpaired) electrons. The molecule has 0 aliphatic heterocycles. The van der Waals surface area contributed by atoms with Crippen molar-refractivity contribution in [2.75, 3.05) is 5.32 Å². The highest BCUT2D eigenvalue weighted by molar-refractivity contribution is 6.35. The summed E-state index contributed by atoms with van der Waals surface area (Å²) in [5, 5.41) is 5.06. The van der Waals surface area contributed by atoms with Crippen LogP contribution in [-0.2, 0) is 0 Å². The summed E-state index contributed by atoms with van der Waals surface area (Å²) in [6, 6.07) is 20.7. The average molecular weight is 485 g/mol. The second-order valence-electron chi connectivity index (χ2n) is 8.53. The van der Waals surface area contributed by atoms with Gasteiger partial charge in [-0.15, -0.1) is 0 Å². The van der Waals surface area contributed by atoms with E-state index < -0.39 is 0 Å². The van der Waals surface area contributed by atoms with Gasteiger partial charge < -0.3 is 5.32 Å². The van der Waals surface area contributed by atoms with Gasteiger partial charge in [0.25, 0.3) is 5.56 Å². The predicted molar refractivity (Wildman–Crippen MR) is 147 cm³/mol. The van der Waals surface area contributed by atoms with Gasteiger partial charge in [0.15, 0.2) is 0 Å². The van der Waals surface area contributed by atoms with E-state index in [9.17, 15) is 4.79 Å². The van der Waals surface area contributed by atoms with Crippen LogP contribution in [0.5, 0.6) is 0 Å². The number of allylic oxidation sites excluding steroid dienone is 1. The van der Waals surface area contributed by atoms with Crippen LogP contribution in [0.25, 0.3) is 16.5 Å². The Morgan fingerprint density at radius 1 is 1.11 bits per heavy atom. The Kier molecular flexibility index (Phi) is 7.47. The first-order valence-electron chi connectivity index (χ1n) is 11.7. The van der Waals surface area contributed by atoms with Gasteiger partial charge in [-0.25, -0.2) is 4.98 Å². The van der Waals surface area contributed by atoms with Crippen LogP contribution in [0.3, 0.4) is 0 Å². The Morgan fingerprint density at radius 2 is 1.89 bits per heavy atom. The molecule has 5 nitrogen and oxygen atoms in total. The molecule has 4 rings (SSSR count). The fourth-order valence-electron chi connectivity index (χ4n) is 4.02. The molecule has 6 heteroatoms. The molecule has 0 amide bonds. The summed E-state index contributed by atoms with van der Waals surface area (Å²) in [5.41, 5.74) is 4.38. The lowest BCUT2D eigenvalue weighted by molar-refractivity contribution is 0.736. The van der Waals surface area contributed by atoms with Gasteiger partial charge in [0, 0.05) is 29.4 Å². The number of para-hydroxylation sites is 1. The molecule has 1 N–H and O–H groups in total. The maximum atomic E-state index is 13.7. The van der Waals surface area contributed by atoms with Gasteiger partial charge in [-0.1, -0.05) is 54.4 Å². The van der Waals surface area contributed by atoms with E-state index in [0.717, 1.165) is 40.3 Å². The number of anilines is 1. The fourth-order valence-corrected chi connectivity index (χ4v) is 4.29. The van der Waals surface area contributed by atoms with Crippen molar-refractivity contribution in [1.82, 2.24) is 9.55 Å². The minimum atomic E-state index is -0.299. The Balaban J connectivity index is 1.84. The summed E-state index contributed by atoms with van der Waals surface area (Å²) in [6.07, 6.45) is 4.70.